The zero-order valence-corrected chi connectivity index (χ0v) is 15.2. The molecule has 8 heteroatoms. The maximum atomic E-state index is 12.6. The topological polar surface area (TPSA) is 81.5 Å². The van der Waals surface area contributed by atoms with Crippen LogP contribution in [0.4, 0.5) is 11.4 Å². The van der Waals surface area contributed by atoms with Gasteiger partial charge in [-0.1, -0.05) is 41.4 Å². The quantitative estimate of drug-likeness (QED) is 0.422. The summed E-state index contributed by atoms with van der Waals surface area (Å²) in [6, 6.07) is 17.5. The van der Waals surface area contributed by atoms with Gasteiger partial charge in [0.2, 0.25) is 0 Å². The van der Waals surface area contributed by atoms with E-state index in [9.17, 15) is 14.9 Å². The van der Waals surface area contributed by atoms with Crippen LogP contribution in [0.5, 0.6) is 11.5 Å². The number of benzene rings is 3. The molecule has 3 aromatic carbocycles. The maximum absolute atomic E-state index is 12.6. The molecule has 0 aliphatic rings. The van der Waals surface area contributed by atoms with Crippen molar-refractivity contribution >= 4 is 40.5 Å². The van der Waals surface area contributed by atoms with Gasteiger partial charge in [-0.05, 0) is 42.5 Å². The number of nitrogens with zero attached hydrogens (tertiary/aromatic N) is 1. The second-order valence-corrected chi connectivity index (χ2v) is 6.30. The smallest absolute Gasteiger partial charge is 0.283 e. The Bertz CT molecular complexity index is 1010. The molecular formula is C19H12Cl2N2O4. The Morgan fingerprint density at radius 1 is 0.963 bits per heavy atom. The van der Waals surface area contributed by atoms with Crippen LogP contribution in [0.25, 0.3) is 0 Å². The van der Waals surface area contributed by atoms with E-state index in [-0.39, 0.29) is 16.3 Å². The first kappa shape index (κ1) is 18.7. The van der Waals surface area contributed by atoms with Gasteiger partial charge in [0.1, 0.15) is 11.3 Å². The lowest BCUT2D eigenvalue weighted by atomic mass is 10.1. The van der Waals surface area contributed by atoms with Crippen molar-refractivity contribution in [3.8, 4) is 11.5 Å². The molecule has 0 unspecified atom stereocenters. The van der Waals surface area contributed by atoms with E-state index in [0.29, 0.717) is 16.5 Å². The van der Waals surface area contributed by atoms with E-state index in [1.165, 1.54) is 18.2 Å². The fraction of sp³-hybridized carbons (Fsp3) is 0. The molecule has 0 radical (unpaired) electrons. The molecule has 136 valence electrons. The number of nitro benzene ring substituents is 1. The first-order chi connectivity index (χ1) is 12.9. The highest BCUT2D eigenvalue weighted by atomic mass is 35.5. The van der Waals surface area contributed by atoms with E-state index in [0.717, 1.165) is 6.07 Å². The molecule has 27 heavy (non-hydrogen) atoms. The Morgan fingerprint density at radius 3 is 2.33 bits per heavy atom. The number of carbonyl (C=O) groups excluding carboxylic acids is 1. The minimum atomic E-state index is -0.682. The number of nitrogens with one attached hydrogen (secondary N) is 1. The van der Waals surface area contributed by atoms with Gasteiger partial charge in [-0.15, -0.1) is 0 Å². The van der Waals surface area contributed by atoms with Crippen LogP contribution >= 0.6 is 23.2 Å². The fourth-order valence-corrected chi connectivity index (χ4v) is 2.68. The number of anilines is 1. The van der Waals surface area contributed by atoms with Crippen LogP contribution in [-0.2, 0) is 0 Å². The van der Waals surface area contributed by atoms with Crippen molar-refractivity contribution in [3.05, 3.63) is 92.5 Å². The van der Waals surface area contributed by atoms with Crippen LogP contribution < -0.4 is 10.1 Å². The van der Waals surface area contributed by atoms with Gasteiger partial charge < -0.3 is 10.1 Å². The van der Waals surface area contributed by atoms with Gasteiger partial charge in [0.15, 0.2) is 5.75 Å². The molecule has 1 N–H and O–H groups in total. The van der Waals surface area contributed by atoms with Gasteiger partial charge in [-0.3, -0.25) is 14.9 Å². The molecule has 3 aromatic rings. The molecule has 0 atom stereocenters. The standard InChI is InChI=1S/C19H12Cl2N2O4/c20-12-7-9-18(27-14-4-2-1-3-5-14)16(10-12)22-19(24)15-8-6-13(21)11-17(15)23(25)26/h1-11H,(H,22,24). The maximum Gasteiger partial charge on any atom is 0.283 e. The molecule has 0 spiro atoms. The van der Waals surface area contributed by atoms with Crippen LogP contribution in [0.15, 0.2) is 66.7 Å². The molecule has 3 rings (SSSR count). The number of rotatable bonds is 5. The van der Waals surface area contributed by atoms with Crippen molar-refractivity contribution < 1.29 is 14.5 Å². The highest BCUT2D eigenvalue weighted by molar-refractivity contribution is 6.31. The average Bonchev–Trinajstić information content (AvgIpc) is 2.64. The van der Waals surface area contributed by atoms with Crippen molar-refractivity contribution in [2.45, 2.75) is 0 Å². The lowest BCUT2D eigenvalue weighted by molar-refractivity contribution is -0.385. The number of amides is 1. The Kier molecular flexibility index (Phi) is 5.59. The summed E-state index contributed by atoms with van der Waals surface area (Å²) in [5.74, 6) is 0.224. The first-order valence-corrected chi connectivity index (χ1v) is 8.47. The van der Waals surface area contributed by atoms with Crippen molar-refractivity contribution in [3.63, 3.8) is 0 Å². The summed E-state index contributed by atoms with van der Waals surface area (Å²) in [6.07, 6.45) is 0. The summed E-state index contributed by atoms with van der Waals surface area (Å²) >= 11 is 11.8. The third kappa shape index (κ3) is 4.55. The van der Waals surface area contributed by atoms with Crippen molar-refractivity contribution in [2.24, 2.45) is 0 Å². The van der Waals surface area contributed by atoms with E-state index in [1.54, 1.807) is 36.4 Å². The van der Waals surface area contributed by atoms with Gasteiger partial charge in [0, 0.05) is 16.1 Å². The second kappa shape index (κ2) is 8.07. The number of hydrogen-bond acceptors (Lipinski definition) is 4. The minimum absolute atomic E-state index is 0.130. The molecule has 0 aromatic heterocycles. The summed E-state index contributed by atoms with van der Waals surface area (Å²) in [5, 5.41) is 14.4. The van der Waals surface area contributed by atoms with Crippen LogP contribution in [0.2, 0.25) is 10.0 Å². The predicted octanol–water partition coefficient (Wildman–Crippen LogP) is 5.95. The van der Waals surface area contributed by atoms with Gasteiger partial charge in [-0.25, -0.2) is 0 Å². The number of ether oxygens (including phenoxy) is 1. The van der Waals surface area contributed by atoms with E-state index in [2.05, 4.69) is 5.32 Å². The molecule has 0 saturated carbocycles. The lowest BCUT2D eigenvalue weighted by Gasteiger charge is -2.13. The molecule has 0 saturated heterocycles. The third-order valence-electron chi connectivity index (χ3n) is 3.56. The summed E-state index contributed by atoms with van der Waals surface area (Å²) in [5.41, 5.74) is -0.247. The molecule has 0 aliphatic carbocycles. The Balaban J connectivity index is 1.92. The van der Waals surface area contributed by atoms with Crippen LogP contribution in [0, 0.1) is 10.1 Å². The number of carbonyl (C=O) groups is 1. The van der Waals surface area contributed by atoms with Gasteiger partial charge in [0.25, 0.3) is 11.6 Å². The van der Waals surface area contributed by atoms with Crippen molar-refractivity contribution in [1.82, 2.24) is 0 Å². The largest absolute Gasteiger partial charge is 0.455 e. The molecular weight excluding hydrogens is 391 g/mol. The monoisotopic (exact) mass is 402 g/mol. The number of nitro groups is 1. The first-order valence-electron chi connectivity index (χ1n) is 7.72. The van der Waals surface area contributed by atoms with E-state index < -0.39 is 16.5 Å². The van der Waals surface area contributed by atoms with E-state index in [1.807, 2.05) is 6.07 Å². The van der Waals surface area contributed by atoms with E-state index in [4.69, 9.17) is 27.9 Å². The Hall–Kier alpha value is -3.09. The Morgan fingerprint density at radius 2 is 1.63 bits per heavy atom. The highest BCUT2D eigenvalue weighted by Crippen LogP contribution is 2.33. The summed E-state index contributed by atoms with van der Waals surface area (Å²) < 4.78 is 5.77. The molecule has 6 nitrogen and oxygen atoms in total. The average molecular weight is 403 g/mol. The summed E-state index contributed by atoms with van der Waals surface area (Å²) in [4.78, 5) is 23.2. The van der Waals surface area contributed by atoms with Crippen LogP contribution in [0.3, 0.4) is 0 Å². The minimum Gasteiger partial charge on any atom is -0.455 e. The van der Waals surface area contributed by atoms with Crippen molar-refractivity contribution in [2.75, 3.05) is 5.32 Å². The molecule has 1 amide bonds. The third-order valence-corrected chi connectivity index (χ3v) is 4.03. The zero-order valence-electron chi connectivity index (χ0n) is 13.7. The van der Waals surface area contributed by atoms with Gasteiger partial charge in [-0.2, -0.15) is 0 Å². The zero-order chi connectivity index (χ0) is 19.4. The number of hydrogen-bond donors (Lipinski definition) is 1. The van der Waals surface area contributed by atoms with Crippen LogP contribution in [-0.4, -0.2) is 10.8 Å². The fourth-order valence-electron chi connectivity index (χ4n) is 2.34. The number of para-hydroxylation sites is 1. The summed E-state index contributed by atoms with van der Waals surface area (Å²) in [7, 11) is 0. The molecule has 0 fully saturated rings. The van der Waals surface area contributed by atoms with E-state index >= 15 is 0 Å². The molecule has 0 heterocycles. The summed E-state index contributed by atoms with van der Waals surface area (Å²) in [6.45, 7) is 0. The highest BCUT2D eigenvalue weighted by Gasteiger charge is 2.22. The van der Waals surface area contributed by atoms with Gasteiger partial charge in [0.05, 0.1) is 10.6 Å². The Labute approximate surface area is 164 Å². The SMILES string of the molecule is O=C(Nc1cc(Cl)ccc1Oc1ccccc1)c1ccc(Cl)cc1[N+](=O)[O-]. The predicted molar refractivity (Wildman–Crippen MR) is 104 cm³/mol. The lowest BCUT2D eigenvalue weighted by Crippen LogP contribution is -2.14. The van der Waals surface area contributed by atoms with Gasteiger partial charge >= 0.3 is 0 Å². The number of halogens is 2. The molecule has 0 aliphatic heterocycles. The second-order valence-electron chi connectivity index (χ2n) is 5.43. The van der Waals surface area contributed by atoms with Crippen LogP contribution in [0.1, 0.15) is 10.4 Å². The molecule has 0 bridgehead atoms. The van der Waals surface area contributed by atoms with Crippen molar-refractivity contribution in [1.29, 1.82) is 0 Å². The normalized spacial score (nSPS) is 10.3.